The van der Waals surface area contributed by atoms with Gasteiger partial charge in [0.15, 0.2) is 0 Å². The van der Waals surface area contributed by atoms with Gasteiger partial charge in [0, 0.05) is 13.5 Å². The highest BCUT2D eigenvalue weighted by molar-refractivity contribution is 5.72. The molecule has 0 heterocycles. The Balaban J connectivity index is -0.000000141. The smallest absolute Gasteiger partial charge is 0.216 e. The molecule has 2 nitrogen and oxygen atoms in total. The molecule has 114 valence electrons. The summed E-state index contributed by atoms with van der Waals surface area (Å²) in [7, 11) is 0. The monoisotopic (exact) mass is 261 g/mol. The number of rotatable bonds is 7. The van der Waals surface area contributed by atoms with E-state index < -0.39 is 0 Å². The van der Waals surface area contributed by atoms with Gasteiger partial charge in [-0.3, -0.25) is 4.79 Å². The van der Waals surface area contributed by atoms with Crippen molar-refractivity contribution in [2.45, 2.75) is 93.9 Å². The molecule has 0 aromatic heterocycles. The van der Waals surface area contributed by atoms with Crippen molar-refractivity contribution in [3.63, 3.8) is 0 Å². The lowest BCUT2D eigenvalue weighted by Crippen LogP contribution is -2.20. The van der Waals surface area contributed by atoms with Crippen LogP contribution in [0.2, 0.25) is 0 Å². The summed E-state index contributed by atoms with van der Waals surface area (Å²) in [4.78, 5) is 10.5. The standard InChI is InChI=1S/C10H21NO.3C2H6/c1-3-4-5-6-7-8-9-11-10(2)12;3*1-2/h3-9H2,1-2H3,(H,11,12);3*1-2H3. The second-order valence-electron chi connectivity index (χ2n) is 3.25. The fourth-order valence-corrected chi connectivity index (χ4v) is 1.17. The molecule has 0 bridgehead atoms. The Kier molecular flexibility index (Phi) is 52.2. The third kappa shape index (κ3) is 45.2. The lowest BCUT2D eigenvalue weighted by Gasteiger charge is -2.01. The second kappa shape index (κ2) is 36.0. The van der Waals surface area contributed by atoms with E-state index in [1.165, 1.54) is 32.1 Å². The van der Waals surface area contributed by atoms with Gasteiger partial charge in [0.25, 0.3) is 0 Å². The maximum absolute atomic E-state index is 10.5. The van der Waals surface area contributed by atoms with E-state index in [-0.39, 0.29) is 5.91 Å². The third-order valence-electron chi connectivity index (χ3n) is 1.90. The van der Waals surface area contributed by atoms with Crippen molar-refractivity contribution in [1.82, 2.24) is 5.32 Å². The van der Waals surface area contributed by atoms with Crippen molar-refractivity contribution in [2.24, 2.45) is 0 Å². The molecular weight excluding hydrogens is 222 g/mol. The van der Waals surface area contributed by atoms with Crippen LogP contribution >= 0.6 is 0 Å². The zero-order valence-electron chi connectivity index (χ0n) is 14.4. The maximum atomic E-state index is 10.5. The molecule has 18 heavy (non-hydrogen) atoms. The molecule has 0 radical (unpaired) electrons. The average molecular weight is 261 g/mol. The van der Waals surface area contributed by atoms with Crippen molar-refractivity contribution in [3.8, 4) is 0 Å². The number of hydrogen-bond acceptors (Lipinski definition) is 1. The lowest BCUT2D eigenvalue weighted by molar-refractivity contribution is -0.118. The number of amides is 1. The number of unbranched alkanes of at least 4 members (excludes halogenated alkanes) is 5. The molecule has 0 aromatic rings. The van der Waals surface area contributed by atoms with E-state index in [1.54, 1.807) is 6.92 Å². The van der Waals surface area contributed by atoms with Crippen molar-refractivity contribution < 1.29 is 4.79 Å². The van der Waals surface area contributed by atoms with Crippen LogP contribution in [0.4, 0.5) is 0 Å². The largest absolute Gasteiger partial charge is 0.356 e. The van der Waals surface area contributed by atoms with E-state index in [9.17, 15) is 4.79 Å². The Hall–Kier alpha value is -0.530. The van der Waals surface area contributed by atoms with Gasteiger partial charge in [-0.15, -0.1) is 0 Å². The Labute approximate surface area is 117 Å². The average Bonchev–Trinajstić information content (AvgIpc) is 2.44. The van der Waals surface area contributed by atoms with Gasteiger partial charge in [-0.25, -0.2) is 0 Å². The van der Waals surface area contributed by atoms with Gasteiger partial charge in [-0.1, -0.05) is 80.6 Å². The highest BCUT2D eigenvalue weighted by Crippen LogP contribution is 2.03. The van der Waals surface area contributed by atoms with Gasteiger partial charge in [-0.2, -0.15) is 0 Å². The minimum Gasteiger partial charge on any atom is -0.356 e. The predicted molar refractivity (Wildman–Crippen MR) is 86.1 cm³/mol. The fourth-order valence-electron chi connectivity index (χ4n) is 1.17. The quantitative estimate of drug-likeness (QED) is 0.597. The second-order valence-corrected chi connectivity index (χ2v) is 3.25. The molecule has 2 heteroatoms. The first kappa shape index (κ1) is 26.1. The molecule has 1 amide bonds. The van der Waals surface area contributed by atoms with Crippen molar-refractivity contribution in [2.75, 3.05) is 6.54 Å². The van der Waals surface area contributed by atoms with Crippen LogP contribution in [0.15, 0.2) is 0 Å². The molecule has 0 aliphatic carbocycles. The van der Waals surface area contributed by atoms with E-state index in [4.69, 9.17) is 0 Å². The molecule has 1 N–H and O–H groups in total. The molecule has 0 fully saturated rings. The summed E-state index contributed by atoms with van der Waals surface area (Å²) in [5.41, 5.74) is 0. The van der Waals surface area contributed by atoms with Gasteiger partial charge in [-0.05, 0) is 6.42 Å². The summed E-state index contributed by atoms with van der Waals surface area (Å²) >= 11 is 0. The summed E-state index contributed by atoms with van der Waals surface area (Å²) in [5, 5.41) is 2.80. The first-order valence-corrected chi connectivity index (χ1v) is 8.01. The first-order chi connectivity index (χ1) is 8.77. The molecule has 0 aliphatic heterocycles. The van der Waals surface area contributed by atoms with Crippen LogP contribution in [0.3, 0.4) is 0 Å². The molecule has 0 aromatic carbocycles. The van der Waals surface area contributed by atoms with Crippen molar-refractivity contribution in [3.05, 3.63) is 0 Å². The molecular formula is C16H39NO. The predicted octanol–water partition coefficient (Wildman–Crippen LogP) is 5.56. The minimum atomic E-state index is 0.0866. The molecule has 0 saturated carbocycles. The number of nitrogens with one attached hydrogen (secondary N) is 1. The minimum absolute atomic E-state index is 0.0866. The van der Waals surface area contributed by atoms with Crippen molar-refractivity contribution >= 4 is 5.91 Å². The van der Waals surface area contributed by atoms with Crippen LogP contribution in [-0.2, 0) is 4.79 Å². The fraction of sp³-hybridized carbons (Fsp3) is 0.938. The highest BCUT2D eigenvalue weighted by atomic mass is 16.1. The number of carbonyl (C=O) groups excluding carboxylic acids is 1. The molecule has 0 unspecified atom stereocenters. The first-order valence-electron chi connectivity index (χ1n) is 8.01. The van der Waals surface area contributed by atoms with Crippen LogP contribution in [-0.4, -0.2) is 12.5 Å². The molecule has 0 rings (SSSR count). The maximum Gasteiger partial charge on any atom is 0.216 e. The van der Waals surface area contributed by atoms with Gasteiger partial charge in [0.2, 0.25) is 5.91 Å². The zero-order valence-corrected chi connectivity index (χ0v) is 14.4. The lowest BCUT2D eigenvalue weighted by atomic mass is 10.1. The van der Waals surface area contributed by atoms with Crippen LogP contribution in [0.5, 0.6) is 0 Å². The topological polar surface area (TPSA) is 29.1 Å². The van der Waals surface area contributed by atoms with Crippen LogP contribution in [0, 0.1) is 0 Å². The molecule has 0 saturated heterocycles. The molecule has 0 atom stereocenters. The summed E-state index contributed by atoms with van der Waals surface area (Å²) in [5.74, 6) is 0.0866. The molecule has 0 aliphatic rings. The van der Waals surface area contributed by atoms with Crippen LogP contribution in [0.25, 0.3) is 0 Å². The Bertz CT molecular complexity index is 114. The Morgan fingerprint density at radius 3 is 1.56 bits per heavy atom. The molecule has 0 spiro atoms. The number of hydrogen-bond donors (Lipinski definition) is 1. The van der Waals surface area contributed by atoms with E-state index in [2.05, 4.69) is 12.2 Å². The van der Waals surface area contributed by atoms with E-state index in [0.717, 1.165) is 13.0 Å². The van der Waals surface area contributed by atoms with Gasteiger partial charge >= 0.3 is 0 Å². The van der Waals surface area contributed by atoms with Crippen molar-refractivity contribution in [1.29, 1.82) is 0 Å². The van der Waals surface area contributed by atoms with Crippen LogP contribution < -0.4 is 5.32 Å². The Morgan fingerprint density at radius 1 is 0.778 bits per heavy atom. The van der Waals surface area contributed by atoms with Gasteiger partial charge < -0.3 is 5.32 Å². The summed E-state index contributed by atoms with van der Waals surface area (Å²) in [6.45, 7) is 16.6. The normalized spacial score (nSPS) is 7.56. The highest BCUT2D eigenvalue weighted by Gasteiger charge is 1.91. The Morgan fingerprint density at radius 2 is 1.17 bits per heavy atom. The van der Waals surface area contributed by atoms with E-state index >= 15 is 0 Å². The summed E-state index contributed by atoms with van der Waals surface area (Å²) in [6.07, 6.45) is 7.68. The van der Waals surface area contributed by atoms with E-state index in [0.29, 0.717) is 0 Å². The van der Waals surface area contributed by atoms with Gasteiger partial charge in [0.1, 0.15) is 0 Å². The van der Waals surface area contributed by atoms with Gasteiger partial charge in [0.05, 0.1) is 0 Å². The summed E-state index contributed by atoms with van der Waals surface area (Å²) < 4.78 is 0. The summed E-state index contributed by atoms with van der Waals surface area (Å²) in [6, 6.07) is 0. The zero-order chi connectivity index (χ0) is 15.2. The number of carbonyl (C=O) groups is 1. The van der Waals surface area contributed by atoms with E-state index in [1.807, 2.05) is 41.5 Å². The SMILES string of the molecule is CC.CC.CC.CCCCCCCCNC(C)=O. The van der Waals surface area contributed by atoms with Crippen LogP contribution in [0.1, 0.15) is 93.9 Å². The third-order valence-corrected chi connectivity index (χ3v) is 1.90.